The van der Waals surface area contributed by atoms with Crippen LogP contribution in [0.1, 0.15) is 17.3 Å². The van der Waals surface area contributed by atoms with Crippen molar-refractivity contribution >= 4 is 51.4 Å². The quantitative estimate of drug-likeness (QED) is 0.661. The molecule has 1 unspecified atom stereocenters. The second kappa shape index (κ2) is 5.92. The van der Waals surface area contributed by atoms with Crippen molar-refractivity contribution in [3.8, 4) is 0 Å². The summed E-state index contributed by atoms with van der Waals surface area (Å²) in [6.07, 6.45) is 0. The van der Waals surface area contributed by atoms with Crippen molar-refractivity contribution in [2.24, 2.45) is 5.92 Å². The highest BCUT2D eigenvalue weighted by Crippen LogP contribution is 2.16. The van der Waals surface area contributed by atoms with Crippen LogP contribution in [0.25, 0.3) is 0 Å². The second-order valence-electron chi connectivity index (χ2n) is 3.11. The Balaban J connectivity index is 2.43. The minimum Gasteiger partial charge on any atom is -0.352 e. The molecule has 1 heterocycles. The topological polar surface area (TPSA) is 29.1 Å². The highest BCUT2D eigenvalue weighted by atomic mass is 127. The predicted molar refractivity (Wildman–Crippen MR) is 69.3 cm³/mol. The largest absolute Gasteiger partial charge is 0.352 e. The van der Waals surface area contributed by atoms with E-state index in [1.165, 1.54) is 0 Å². The fourth-order valence-electron chi connectivity index (χ4n) is 0.853. The zero-order valence-corrected chi connectivity index (χ0v) is 11.4. The van der Waals surface area contributed by atoms with E-state index in [4.69, 9.17) is 11.6 Å². The summed E-state index contributed by atoms with van der Waals surface area (Å²) in [5.74, 6) is 0.876. The standard InChI is InChI=1S/C9H11ClINOS/c1-6(3-10)4-12-9(13)7-2-8(11)14-5-7/h2,5-6H,3-4H2,1H3,(H,12,13). The van der Waals surface area contributed by atoms with Gasteiger partial charge in [-0.2, -0.15) is 0 Å². The Hall–Kier alpha value is 0.190. The number of alkyl halides is 1. The van der Waals surface area contributed by atoms with Gasteiger partial charge in [-0.15, -0.1) is 22.9 Å². The van der Waals surface area contributed by atoms with Crippen LogP contribution in [0.5, 0.6) is 0 Å². The molecule has 0 aromatic carbocycles. The first-order valence-electron chi connectivity index (χ1n) is 4.21. The maximum absolute atomic E-state index is 11.5. The molecule has 78 valence electrons. The molecule has 1 aromatic rings. The molecule has 1 atom stereocenters. The number of amides is 1. The number of halogens is 2. The number of thiophene rings is 1. The van der Waals surface area contributed by atoms with E-state index in [0.717, 1.165) is 8.45 Å². The van der Waals surface area contributed by atoms with Gasteiger partial charge in [-0.3, -0.25) is 4.79 Å². The van der Waals surface area contributed by atoms with Crippen molar-refractivity contribution < 1.29 is 4.79 Å². The van der Waals surface area contributed by atoms with Crippen LogP contribution in [0.4, 0.5) is 0 Å². The van der Waals surface area contributed by atoms with E-state index in [-0.39, 0.29) is 5.91 Å². The first-order valence-corrected chi connectivity index (χ1v) is 6.71. The average Bonchev–Trinajstić information content (AvgIpc) is 2.60. The first-order chi connectivity index (χ1) is 6.63. The molecule has 14 heavy (non-hydrogen) atoms. The zero-order chi connectivity index (χ0) is 10.6. The Labute approximate surface area is 106 Å². The van der Waals surface area contributed by atoms with E-state index < -0.39 is 0 Å². The molecule has 1 rings (SSSR count). The van der Waals surface area contributed by atoms with Gasteiger partial charge < -0.3 is 5.32 Å². The van der Waals surface area contributed by atoms with Gasteiger partial charge in [0.25, 0.3) is 5.91 Å². The number of carbonyl (C=O) groups excluding carboxylic acids is 1. The van der Waals surface area contributed by atoms with Gasteiger partial charge in [0.1, 0.15) is 0 Å². The minimum absolute atomic E-state index is 0.0128. The van der Waals surface area contributed by atoms with Gasteiger partial charge in [-0.25, -0.2) is 0 Å². The highest BCUT2D eigenvalue weighted by molar-refractivity contribution is 14.1. The summed E-state index contributed by atoms with van der Waals surface area (Å²) >= 11 is 9.41. The van der Waals surface area contributed by atoms with Crippen LogP contribution in [0.2, 0.25) is 0 Å². The molecule has 1 N–H and O–H groups in total. The molecule has 0 fully saturated rings. The summed E-state index contributed by atoms with van der Waals surface area (Å²) in [6.45, 7) is 2.64. The third-order valence-corrected chi connectivity index (χ3v) is 4.02. The summed E-state index contributed by atoms with van der Waals surface area (Å²) in [5.41, 5.74) is 0.737. The van der Waals surface area contributed by atoms with Gasteiger partial charge >= 0.3 is 0 Å². The van der Waals surface area contributed by atoms with E-state index in [2.05, 4.69) is 27.9 Å². The van der Waals surface area contributed by atoms with Gasteiger partial charge in [0.15, 0.2) is 0 Å². The Bertz CT molecular complexity index is 316. The summed E-state index contributed by atoms with van der Waals surface area (Å²) in [7, 11) is 0. The van der Waals surface area contributed by atoms with Crippen molar-refractivity contribution in [3.05, 3.63) is 19.9 Å². The molecule has 2 nitrogen and oxygen atoms in total. The van der Waals surface area contributed by atoms with E-state index in [1.807, 2.05) is 18.4 Å². The van der Waals surface area contributed by atoms with Gasteiger partial charge in [0, 0.05) is 17.8 Å². The zero-order valence-electron chi connectivity index (χ0n) is 7.72. The molecule has 0 radical (unpaired) electrons. The SMILES string of the molecule is CC(CCl)CNC(=O)c1csc(I)c1. The summed E-state index contributed by atoms with van der Waals surface area (Å²) < 4.78 is 1.12. The van der Waals surface area contributed by atoms with E-state index >= 15 is 0 Å². The molecule has 0 spiro atoms. The van der Waals surface area contributed by atoms with Crippen LogP contribution < -0.4 is 5.32 Å². The van der Waals surface area contributed by atoms with Crippen LogP contribution in [-0.4, -0.2) is 18.3 Å². The molecule has 5 heteroatoms. The molecule has 0 aliphatic heterocycles. The van der Waals surface area contributed by atoms with E-state index in [0.29, 0.717) is 18.3 Å². The Morgan fingerprint density at radius 1 is 1.79 bits per heavy atom. The highest BCUT2D eigenvalue weighted by Gasteiger charge is 2.08. The normalized spacial score (nSPS) is 12.5. The van der Waals surface area contributed by atoms with Gasteiger partial charge in [-0.1, -0.05) is 6.92 Å². The van der Waals surface area contributed by atoms with Crippen LogP contribution in [0, 0.1) is 8.80 Å². The van der Waals surface area contributed by atoms with Crippen LogP contribution in [-0.2, 0) is 0 Å². The molecular weight excluding hydrogens is 333 g/mol. The molecular formula is C9H11ClINOS. The smallest absolute Gasteiger partial charge is 0.252 e. The lowest BCUT2D eigenvalue weighted by Crippen LogP contribution is -2.28. The van der Waals surface area contributed by atoms with Crippen molar-refractivity contribution in [1.29, 1.82) is 0 Å². The lowest BCUT2D eigenvalue weighted by molar-refractivity contribution is 0.0949. The minimum atomic E-state index is -0.0128. The number of hydrogen-bond donors (Lipinski definition) is 1. The number of carbonyl (C=O) groups is 1. The Morgan fingerprint density at radius 3 is 3.00 bits per heavy atom. The van der Waals surface area contributed by atoms with Crippen molar-refractivity contribution in [3.63, 3.8) is 0 Å². The summed E-state index contributed by atoms with van der Waals surface area (Å²) in [6, 6.07) is 1.88. The average molecular weight is 344 g/mol. The van der Waals surface area contributed by atoms with Crippen molar-refractivity contribution in [1.82, 2.24) is 5.32 Å². The Morgan fingerprint density at radius 2 is 2.50 bits per heavy atom. The Kier molecular flexibility index (Phi) is 5.19. The van der Waals surface area contributed by atoms with Crippen LogP contribution in [0.3, 0.4) is 0 Å². The molecule has 0 aliphatic carbocycles. The van der Waals surface area contributed by atoms with Crippen molar-refractivity contribution in [2.75, 3.05) is 12.4 Å². The third kappa shape index (κ3) is 3.74. The molecule has 0 bridgehead atoms. The second-order valence-corrected chi connectivity index (χ2v) is 6.22. The van der Waals surface area contributed by atoms with Crippen molar-refractivity contribution in [2.45, 2.75) is 6.92 Å². The number of nitrogens with one attached hydrogen (secondary N) is 1. The summed E-state index contributed by atoms with van der Waals surface area (Å²) in [5, 5.41) is 4.71. The van der Waals surface area contributed by atoms with Crippen LogP contribution >= 0.6 is 45.5 Å². The molecule has 1 aromatic heterocycles. The molecule has 0 saturated carbocycles. The van der Waals surface area contributed by atoms with E-state index in [1.54, 1.807) is 11.3 Å². The molecule has 0 aliphatic rings. The molecule has 0 saturated heterocycles. The van der Waals surface area contributed by atoms with Crippen LogP contribution in [0.15, 0.2) is 11.4 Å². The predicted octanol–water partition coefficient (Wildman–Crippen LogP) is 2.96. The monoisotopic (exact) mass is 343 g/mol. The maximum atomic E-state index is 11.5. The lowest BCUT2D eigenvalue weighted by Gasteiger charge is -2.07. The number of hydrogen-bond acceptors (Lipinski definition) is 2. The number of rotatable bonds is 4. The lowest BCUT2D eigenvalue weighted by atomic mass is 10.2. The van der Waals surface area contributed by atoms with E-state index in [9.17, 15) is 4.79 Å². The molecule has 1 amide bonds. The maximum Gasteiger partial charge on any atom is 0.252 e. The first kappa shape index (κ1) is 12.3. The van der Waals surface area contributed by atoms with Gasteiger partial charge in [0.2, 0.25) is 0 Å². The fraction of sp³-hybridized carbons (Fsp3) is 0.444. The van der Waals surface area contributed by atoms with Gasteiger partial charge in [-0.05, 0) is 34.6 Å². The summed E-state index contributed by atoms with van der Waals surface area (Å²) in [4.78, 5) is 11.5. The van der Waals surface area contributed by atoms with Gasteiger partial charge in [0.05, 0.1) is 8.45 Å². The fourth-order valence-corrected chi connectivity index (χ4v) is 2.29. The third-order valence-electron chi connectivity index (χ3n) is 1.70.